The fraction of sp³-hybridized carbons (Fsp3) is 0.455. The number of nitrogens with two attached hydrogens (primary N) is 1. The molecule has 2 rings (SSSR count). The fourth-order valence-corrected chi connectivity index (χ4v) is 3.85. The monoisotopic (exact) mass is 317 g/mol. The molecule has 0 radical (unpaired) electrons. The van der Waals surface area contributed by atoms with Gasteiger partial charge in [-0.2, -0.15) is 11.8 Å². The number of non-ortho nitro benzene ring substituents is 1. The van der Waals surface area contributed by atoms with Crippen molar-refractivity contribution in [3.8, 4) is 0 Å². The van der Waals surface area contributed by atoms with Gasteiger partial charge in [0.15, 0.2) is 0 Å². The highest BCUT2D eigenvalue weighted by molar-refractivity contribution is 8.00. The first-order valence-electron chi connectivity index (χ1n) is 5.88. The first-order valence-corrected chi connectivity index (χ1v) is 8.59. The van der Waals surface area contributed by atoms with E-state index in [2.05, 4.69) is 4.72 Å². The van der Waals surface area contributed by atoms with Crippen LogP contribution in [0.4, 0.5) is 11.4 Å². The molecule has 0 aliphatic heterocycles. The first kappa shape index (κ1) is 15.1. The van der Waals surface area contributed by atoms with Gasteiger partial charge in [-0.3, -0.25) is 10.1 Å². The molecular formula is C11H15N3O4S2. The van der Waals surface area contributed by atoms with Crippen LogP contribution in [-0.4, -0.2) is 30.9 Å². The molecule has 0 atom stereocenters. The predicted molar refractivity (Wildman–Crippen MR) is 78.2 cm³/mol. The Labute approximate surface area is 121 Å². The molecule has 1 aliphatic carbocycles. The van der Waals surface area contributed by atoms with Gasteiger partial charge in [-0.1, -0.05) is 0 Å². The minimum atomic E-state index is -3.75. The van der Waals surface area contributed by atoms with E-state index in [1.54, 1.807) is 11.8 Å². The molecule has 20 heavy (non-hydrogen) atoms. The van der Waals surface area contributed by atoms with Gasteiger partial charge in [0.2, 0.25) is 10.0 Å². The van der Waals surface area contributed by atoms with Crippen molar-refractivity contribution in [2.24, 2.45) is 0 Å². The van der Waals surface area contributed by atoms with E-state index in [1.807, 2.05) is 6.26 Å². The number of nitrogens with one attached hydrogen (secondary N) is 1. The third kappa shape index (κ3) is 3.05. The molecule has 1 aromatic carbocycles. The third-order valence-corrected chi connectivity index (χ3v) is 6.21. The summed E-state index contributed by atoms with van der Waals surface area (Å²) in [7, 11) is -3.75. The van der Waals surface area contributed by atoms with Crippen molar-refractivity contribution in [1.82, 2.24) is 4.72 Å². The van der Waals surface area contributed by atoms with Gasteiger partial charge in [-0.05, 0) is 25.2 Å². The Balaban J connectivity index is 2.19. The maximum atomic E-state index is 12.2. The van der Waals surface area contributed by atoms with E-state index in [9.17, 15) is 18.5 Å². The third-order valence-electron chi connectivity index (χ3n) is 3.32. The summed E-state index contributed by atoms with van der Waals surface area (Å²) in [5.41, 5.74) is 5.25. The molecule has 0 bridgehead atoms. The summed E-state index contributed by atoms with van der Waals surface area (Å²) in [4.78, 5) is 9.86. The summed E-state index contributed by atoms with van der Waals surface area (Å²) in [5, 5.41) is 10.6. The lowest BCUT2D eigenvalue weighted by Gasteiger charge is -2.14. The minimum absolute atomic E-state index is 0.0113. The van der Waals surface area contributed by atoms with Crippen LogP contribution in [0.1, 0.15) is 12.8 Å². The van der Waals surface area contributed by atoms with Crippen LogP contribution >= 0.6 is 11.8 Å². The van der Waals surface area contributed by atoms with Gasteiger partial charge in [0.25, 0.3) is 5.69 Å². The molecule has 1 aromatic rings. The van der Waals surface area contributed by atoms with Gasteiger partial charge in [0, 0.05) is 23.4 Å². The Morgan fingerprint density at radius 1 is 1.50 bits per heavy atom. The van der Waals surface area contributed by atoms with Crippen molar-refractivity contribution >= 4 is 33.2 Å². The minimum Gasteiger partial charge on any atom is -0.397 e. The molecule has 0 unspecified atom stereocenters. The fourth-order valence-electron chi connectivity index (χ4n) is 1.79. The number of nitro groups is 1. The SMILES string of the molecule is CSC1(CNS(=O)(=O)c2ccc([N+](=O)[O-])cc2N)CC1. The lowest BCUT2D eigenvalue weighted by atomic mass is 10.3. The van der Waals surface area contributed by atoms with Crippen LogP contribution in [0.25, 0.3) is 0 Å². The van der Waals surface area contributed by atoms with Crippen LogP contribution in [0.2, 0.25) is 0 Å². The van der Waals surface area contributed by atoms with E-state index < -0.39 is 14.9 Å². The van der Waals surface area contributed by atoms with Gasteiger partial charge in [-0.15, -0.1) is 0 Å². The molecule has 0 aromatic heterocycles. The van der Waals surface area contributed by atoms with Crippen LogP contribution in [0.15, 0.2) is 23.1 Å². The molecule has 0 spiro atoms. The van der Waals surface area contributed by atoms with Crippen LogP contribution in [-0.2, 0) is 10.0 Å². The first-order chi connectivity index (χ1) is 9.30. The zero-order valence-corrected chi connectivity index (χ0v) is 12.5. The summed E-state index contributed by atoms with van der Waals surface area (Å²) in [5.74, 6) is 0. The number of hydrogen-bond acceptors (Lipinski definition) is 6. The topological polar surface area (TPSA) is 115 Å². The number of nitro benzene ring substituents is 1. The summed E-state index contributed by atoms with van der Waals surface area (Å²) in [6.45, 7) is 0.340. The van der Waals surface area contributed by atoms with Crippen LogP contribution in [0.5, 0.6) is 0 Å². The molecule has 0 amide bonds. The maximum Gasteiger partial charge on any atom is 0.271 e. The number of sulfonamides is 1. The van der Waals surface area contributed by atoms with E-state index in [0.717, 1.165) is 31.0 Å². The Morgan fingerprint density at radius 2 is 2.15 bits per heavy atom. The highest BCUT2D eigenvalue weighted by atomic mass is 32.2. The number of hydrogen-bond donors (Lipinski definition) is 2. The molecule has 0 saturated heterocycles. The van der Waals surface area contributed by atoms with Crippen molar-refractivity contribution in [3.63, 3.8) is 0 Å². The van der Waals surface area contributed by atoms with Crippen molar-refractivity contribution in [2.75, 3.05) is 18.5 Å². The molecule has 7 nitrogen and oxygen atoms in total. The molecule has 3 N–H and O–H groups in total. The smallest absolute Gasteiger partial charge is 0.271 e. The van der Waals surface area contributed by atoms with Gasteiger partial charge in [-0.25, -0.2) is 13.1 Å². The average Bonchev–Trinajstić information content (AvgIpc) is 3.17. The predicted octanol–water partition coefficient (Wildman–Crippen LogP) is 1.35. The second-order valence-electron chi connectivity index (χ2n) is 4.69. The second-order valence-corrected chi connectivity index (χ2v) is 7.70. The Kier molecular flexibility index (Phi) is 3.94. The molecular weight excluding hydrogens is 302 g/mol. The van der Waals surface area contributed by atoms with Crippen LogP contribution in [0, 0.1) is 10.1 Å². The Morgan fingerprint density at radius 3 is 2.60 bits per heavy atom. The van der Waals surface area contributed by atoms with Crippen molar-refractivity contribution in [1.29, 1.82) is 0 Å². The van der Waals surface area contributed by atoms with Crippen LogP contribution in [0.3, 0.4) is 0 Å². The van der Waals surface area contributed by atoms with E-state index in [0.29, 0.717) is 6.54 Å². The van der Waals surface area contributed by atoms with Crippen molar-refractivity contribution < 1.29 is 13.3 Å². The van der Waals surface area contributed by atoms with Gasteiger partial charge >= 0.3 is 0 Å². The summed E-state index contributed by atoms with van der Waals surface area (Å²) < 4.78 is 26.8. The van der Waals surface area contributed by atoms with E-state index in [-0.39, 0.29) is 21.0 Å². The number of anilines is 1. The molecule has 1 aliphatic rings. The Hall–Kier alpha value is -1.32. The number of benzene rings is 1. The van der Waals surface area contributed by atoms with Gasteiger partial charge in [0.1, 0.15) is 4.90 Å². The van der Waals surface area contributed by atoms with E-state index in [4.69, 9.17) is 5.73 Å². The average molecular weight is 317 g/mol. The molecule has 1 fully saturated rings. The second kappa shape index (κ2) is 5.23. The van der Waals surface area contributed by atoms with Crippen molar-refractivity contribution in [2.45, 2.75) is 22.5 Å². The molecule has 0 heterocycles. The Bertz CT molecular complexity index is 641. The summed E-state index contributed by atoms with van der Waals surface area (Å²) in [6.07, 6.45) is 3.90. The van der Waals surface area contributed by atoms with E-state index in [1.165, 1.54) is 0 Å². The normalized spacial score (nSPS) is 16.9. The quantitative estimate of drug-likeness (QED) is 0.465. The zero-order valence-electron chi connectivity index (χ0n) is 10.8. The maximum absolute atomic E-state index is 12.2. The van der Waals surface area contributed by atoms with E-state index >= 15 is 0 Å². The van der Waals surface area contributed by atoms with Gasteiger partial charge < -0.3 is 5.73 Å². The standard InChI is InChI=1S/C11H15N3O4S2/c1-19-11(4-5-11)7-13-20(17,18)10-3-2-8(14(15)16)6-9(10)12/h2-3,6,13H,4-5,7,12H2,1H3. The summed E-state index contributed by atoms with van der Waals surface area (Å²) in [6, 6.07) is 3.34. The number of rotatable bonds is 6. The lowest BCUT2D eigenvalue weighted by Crippen LogP contribution is -2.32. The van der Waals surface area contributed by atoms with Crippen LogP contribution < -0.4 is 10.5 Å². The number of nitrogen functional groups attached to an aromatic ring is 1. The summed E-state index contributed by atoms with van der Waals surface area (Å²) >= 11 is 1.64. The van der Waals surface area contributed by atoms with Gasteiger partial charge in [0.05, 0.1) is 10.6 Å². The molecule has 1 saturated carbocycles. The molecule has 9 heteroatoms. The molecule has 110 valence electrons. The largest absolute Gasteiger partial charge is 0.397 e. The highest BCUT2D eigenvalue weighted by Gasteiger charge is 2.42. The number of nitrogens with zero attached hydrogens (tertiary/aromatic N) is 1. The lowest BCUT2D eigenvalue weighted by molar-refractivity contribution is -0.384. The van der Waals surface area contributed by atoms with Crippen molar-refractivity contribution in [3.05, 3.63) is 28.3 Å². The zero-order chi connectivity index (χ0) is 15.0. The number of thioether (sulfide) groups is 1. The highest BCUT2D eigenvalue weighted by Crippen LogP contribution is 2.46.